The van der Waals surface area contributed by atoms with Crippen molar-refractivity contribution >= 4 is 11.3 Å². The molecule has 0 radical (unpaired) electrons. The molecule has 2 rings (SSSR count). The van der Waals surface area contributed by atoms with Crippen LogP contribution in [0.4, 0.5) is 0 Å². The van der Waals surface area contributed by atoms with Crippen LogP contribution in [0.3, 0.4) is 0 Å². The van der Waals surface area contributed by atoms with Crippen molar-refractivity contribution in [2.75, 3.05) is 6.61 Å². The van der Waals surface area contributed by atoms with Gasteiger partial charge in [0, 0.05) is 22.2 Å². The van der Waals surface area contributed by atoms with Crippen molar-refractivity contribution in [3.63, 3.8) is 0 Å². The number of ether oxygens (including phenoxy) is 1. The summed E-state index contributed by atoms with van der Waals surface area (Å²) in [7, 11) is 0. The van der Waals surface area contributed by atoms with Crippen molar-refractivity contribution in [2.24, 2.45) is 0 Å². The molecule has 1 heterocycles. The molecular formula is C16H22O2S. The third-order valence-corrected chi connectivity index (χ3v) is 4.30. The first kappa shape index (κ1) is 14.6. The quantitative estimate of drug-likeness (QED) is 0.672. The SMILES string of the molecule is OCCC#Cc1csc(COC2CCCCCC2)c1. The first-order chi connectivity index (χ1) is 9.38. The molecule has 19 heavy (non-hydrogen) atoms. The second kappa shape index (κ2) is 8.37. The Bertz CT molecular complexity index is 419. The molecule has 0 aliphatic heterocycles. The van der Waals surface area contributed by atoms with Gasteiger partial charge in [-0.25, -0.2) is 0 Å². The minimum absolute atomic E-state index is 0.134. The predicted octanol–water partition coefficient (Wildman–Crippen LogP) is 3.72. The van der Waals surface area contributed by atoms with Crippen LogP contribution in [0.5, 0.6) is 0 Å². The highest BCUT2D eigenvalue weighted by Crippen LogP contribution is 2.22. The molecule has 0 atom stereocenters. The van der Waals surface area contributed by atoms with Crippen molar-refractivity contribution < 1.29 is 9.84 Å². The van der Waals surface area contributed by atoms with Crippen LogP contribution in [0.2, 0.25) is 0 Å². The lowest BCUT2D eigenvalue weighted by Crippen LogP contribution is -2.10. The van der Waals surface area contributed by atoms with Crippen molar-refractivity contribution in [3.05, 3.63) is 21.9 Å². The Kier molecular flexibility index (Phi) is 6.43. The molecule has 1 saturated carbocycles. The molecule has 0 saturated heterocycles. The van der Waals surface area contributed by atoms with E-state index in [2.05, 4.69) is 23.3 Å². The van der Waals surface area contributed by atoms with E-state index in [1.54, 1.807) is 11.3 Å². The van der Waals surface area contributed by atoms with Crippen LogP contribution in [0.15, 0.2) is 11.4 Å². The lowest BCUT2D eigenvalue weighted by atomic mass is 10.1. The molecule has 1 fully saturated rings. The topological polar surface area (TPSA) is 29.5 Å². The zero-order valence-electron chi connectivity index (χ0n) is 11.4. The third kappa shape index (κ3) is 5.36. The van der Waals surface area contributed by atoms with Gasteiger partial charge in [-0.15, -0.1) is 11.3 Å². The molecule has 1 aliphatic rings. The average Bonchev–Trinajstić information content (AvgIpc) is 2.71. The molecule has 1 aromatic heterocycles. The minimum atomic E-state index is 0.134. The van der Waals surface area contributed by atoms with Crippen LogP contribution >= 0.6 is 11.3 Å². The fourth-order valence-corrected chi connectivity index (χ4v) is 3.09. The standard InChI is InChI=1S/C16H22O2S/c17-10-6-5-7-14-11-16(19-13-14)12-18-15-8-3-1-2-4-9-15/h11,13,15,17H,1-4,6,8-10,12H2. The molecule has 1 N–H and O–H groups in total. The normalized spacial score (nSPS) is 16.7. The van der Waals surface area contributed by atoms with Crippen LogP contribution in [0.1, 0.15) is 55.4 Å². The van der Waals surface area contributed by atoms with E-state index in [0.29, 0.717) is 12.5 Å². The van der Waals surface area contributed by atoms with Gasteiger partial charge in [0.2, 0.25) is 0 Å². The molecule has 0 spiro atoms. The van der Waals surface area contributed by atoms with E-state index in [4.69, 9.17) is 9.84 Å². The Balaban J connectivity index is 1.78. The monoisotopic (exact) mass is 278 g/mol. The molecule has 0 bridgehead atoms. The summed E-state index contributed by atoms with van der Waals surface area (Å²) in [5.74, 6) is 6.00. The van der Waals surface area contributed by atoms with Gasteiger partial charge in [0.1, 0.15) is 0 Å². The highest BCUT2D eigenvalue weighted by Gasteiger charge is 2.12. The Hall–Kier alpha value is -0.820. The Morgan fingerprint density at radius 3 is 2.79 bits per heavy atom. The second-order valence-electron chi connectivity index (χ2n) is 5.00. The lowest BCUT2D eigenvalue weighted by molar-refractivity contribution is 0.0324. The van der Waals surface area contributed by atoms with Gasteiger partial charge in [0.05, 0.1) is 19.3 Å². The van der Waals surface area contributed by atoms with Crippen LogP contribution in [-0.4, -0.2) is 17.8 Å². The number of aliphatic hydroxyl groups excluding tert-OH is 1. The van der Waals surface area contributed by atoms with E-state index in [1.807, 2.05) is 0 Å². The van der Waals surface area contributed by atoms with E-state index in [-0.39, 0.29) is 6.61 Å². The van der Waals surface area contributed by atoms with E-state index in [0.717, 1.165) is 12.2 Å². The largest absolute Gasteiger partial charge is 0.395 e. The highest BCUT2D eigenvalue weighted by atomic mass is 32.1. The number of rotatable bonds is 4. The van der Waals surface area contributed by atoms with Gasteiger partial charge in [0.25, 0.3) is 0 Å². The van der Waals surface area contributed by atoms with Gasteiger partial charge >= 0.3 is 0 Å². The van der Waals surface area contributed by atoms with Crippen molar-refractivity contribution in [1.82, 2.24) is 0 Å². The summed E-state index contributed by atoms with van der Waals surface area (Å²) in [6.45, 7) is 0.853. The summed E-state index contributed by atoms with van der Waals surface area (Å²) in [6, 6.07) is 2.10. The van der Waals surface area contributed by atoms with E-state index in [9.17, 15) is 0 Å². The fraction of sp³-hybridized carbons (Fsp3) is 0.625. The summed E-state index contributed by atoms with van der Waals surface area (Å²) in [6.07, 6.45) is 8.79. The van der Waals surface area contributed by atoms with Gasteiger partial charge < -0.3 is 9.84 Å². The first-order valence-electron chi connectivity index (χ1n) is 7.17. The molecule has 0 aromatic carbocycles. The van der Waals surface area contributed by atoms with Gasteiger partial charge in [-0.1, -0.05) is 37.5 Å². The Labute approximate surface area is 119 Å². The second-order valence-corrected chi connectivity index (χ2v) is 6.00. The summed E-state index contributed by atoms with van der Waals surface area (Å²) >= 11 is 1.71. The summed E-state index contributed by atoms with van der Waals surface area (Å²) < 4.78 is 6.01. The van der Waals surface area contributed by atoms with E-state index < -0.39 is 0 Å². The Morgan fingerprint density at radius 2 is 2.05 bits per heavy atom. The van der Waals surface area contributed by atoms with Gasteiger partial charge in [0.15, 0.2) is 0 Å². The van der Waals surface area contributed by atoms with Crippen LogP contribution < -0.4 is 0 Å². The van der Waals surface area contributed by atoms with Crippen molar-refractivity contribution in [2.45, 2.75) is 57.7 Å². The fourth-order valence-electron chi connectivity index (χ4n) is 2.35. The summed E-state index contributed by atoms with van der Waals surface area (Å²) in [5, 5.41) is 10.7. The zero-order valence-corrected chi connectivity index (χ0v) is 12.2. The van der Waals surface area contributed by atoms with Crippen LogP contribution in [0, 0.1) is 11.8 Å². The molecule has 0 amide bonds. The molecule has 3 heteroatoms. The molecule has 1 aromatic rings. The maximum Gasteiger partial charge on any atom is 0.0813 e. The maximum atomic E-state index is 8.68. The van der Waals surface area contributed by atoms with Crippen molar-refractivity contribution in [1.29, 1.82) is 0 Å². The molecule has 104 valence electrons. The average molecular weight is 278 g/mol. The number of hydrogen-bond donors (Lipinski definition) is 1. The number of thiophene rings is 1. The van der Waals surface area contributed by atoms with E-state index >= 15 is 0 Å². The molecule has 1 aliphatic carbocycles. The predicted molar refractivity (Wildman–Crippen MR) is 79.2 cm³/mol. The summed E-state index contributed by atoms with van der Waals surface area (Å²) in [5.41, 5.74) is 1.04. The van der Waals surface area contributed by atoms with Crippen molar-refractivity contribution in [3.8, 4) is 11.8 Å². The number of aliphatic hydroxyl groups is 1. The van der Waals surface area contributed by atoms with E-state index in [1.165, 1.54) is 43.4 Å². The molecular weight excluding hydrogens is 256 g/mol. The third-order valence-electron chi connectivity index (χ3n) is 3.39. The smallest absolute Gasteiger partial charge is 0.0813 e. The van der Waals surface area contributed by atoms with Crippen LogP contribution in [0.25, 0.3) is 0 Å². The van der Waals surface area contributed by atoms with Crippen LogP contribution in [-0.2, 0) is 11.3 Å². The minimum Gasteiger partial charge on any atom is -0.395 e. The first-order valence-corrected chi connectivity index (χ1v) is 8.05. The maximum absolute atomic E-state index is 8.68. The van der Waals surface area contributed by atoms with Gasteiger partial charge in [-0.2, -0.15) is 0 Å². The lowest BCUT2D eigenvalue weighted by Gasteiger charge is -2.14. The van der Waals surface area contributed by atoms with Gasteiger partial charge in [-0.3, -0.25) is 0 Å². The number of hydrogen-bond acceptors (Lipinski definition) is 3. The summed E-state index contributed by atoms with van der Waals surface area (Å²) in [4.78, 5) is 1.25. The Morgan fingerprint density at radius 1 is 1.26 bits per heavy atom. The van der Waals surface area contributed by atoms with Gasteiger partial charge in [-0.05, 0) is 18.9 Å². The highest BCUT2D eigenvalue weighted by molar-refractivity contribution is 7.10. The molecule has 2 nitrogen and oxygen atoms in total. The molecule has 0 unspecified atom stereocenters. The zero-order chi connectivity index (χ0) is 13.3.